The highest BCUT2D eigenvalue weighted by Crippen LogP contribution is 2.01. The van der Waals surface area contributed by atoms with Crippen LogP contribution >= 0.6 is 11.6 Å². The summed E-state index contributed by atoms with van der Waals surface area (Å²) in [6.07, 6.45) is 1.30. The molecule has 0 saturated heterocycles. The quantitative estimate of drug-likeness (QED) is 0.592. The summed E-state index contributed by atoms with van der Waals surface area (Å²) >= 11 is 5.11. The lowest BCUT2D eigenvalue weighted by Crippen LogP contribution is -1.92. The fourth-order valence-electron chi connectivity index (χ4n) is 0.576. The topological polar surface area (TPSA) is 53.8 Å². The van der Waals surface area contributed by atoms with E-state index in [0.717, 1.165) is 0 Å². The molecule has 0 amide bonds. The Kier molecular flexibility index (Phi) is 2.19. The molecule has 1 rings (SSSR count). The van der Waals surface area contributed by atoms with Crippen LogP contribution in [0.3, 0.4) is 0 Å². The van der Waals surface area contributed by atoms with Gasteiger partial charge in [0.1, 0.15) is 11.8 Å². The Balaban J connectivity index is 3.03. The van der Waals surface area contributed by atoms with Crippen LogP contribution < -0.4 is 0 Å². The highest BCUT2D eigenvalue weighted by Gasteiger charge is 2.01. The second-order valence-corrected chi connectivity index (χ2v) is 2.16. The van der Waals surface area contributed by atoms with Crippen molar-refractivity contribution in [2.75, 3.05) is 0 Å². The van der Waals surface area contributed by atoms with Gasteiger partial charge in [-0.2, -0.15) is 5.26 Å². The van der Waals surface area contributed by atoms with Crippen molar-refractivity contribution in [3.63, 3.8) is 0 Å². The predicted molar refractivity (Wildman–Crippen MR) is 39.1 cm³/mol. The van der Waals surface area contributed by atoms with Crippen LogP contribution in [0.1, 0.15) is 16.1 Å². The standard InChI is InChI=1S/C7H3ClN2O/c8-7(11)6-2-1-5(3-9)4-10-6/h1-2,4H. The SMILES string of the molecule is N#Cc1ccc(C(=O)Cl)nc1. The third-order valence-electron chi connectivity index (χ3n) is 1.09. The molecule has 0 unspecified atom stereocenters. The van der Waals surface area contributed by atoms with Gasteiger partial charge in [-0.1, -0.05) is 0 Å². The van der Waals surface area contributed by atoms with Gasteiger partial charge in [-0.05, 0) is 23.7 Å². The average Bonchev–Trinajstić information content (AvgIpc) is 2.05. The Morgan fingerprint density at radius 2 is 2.36 bits per heavy atom. The Morgan fingerprint density at radius 1 is 1.64 bits per heavy atom. The summed E-state index contributed by atoms with van der Waals surface area (Å²) in [4.78, 5) is 14.1. The number of hydrogen-bond donors (Lipinski definition) is 0. The number of rotatable bonds is 1. The molecular weight excluding hydrogens is 164 g/mol. The molecular formula is C7H3ClN2O. The summed E-state index contributed by atoms with van der Waals surface area (Å²) in [7, 11) is 0. The highest BCUT2D eigenvalue weighted by molar-refractivity contribution is 6.67. The zero-order valence-corrected chi connectivity index (χ0v) is 6.17. The fraction of sp³-hybridized carbons (Fsp3) is 0. The van der Waals surface area contributed by atoms with E-state index < -0.39 is 5.24 Å². The van der Waals surface area contributed by atoms with Gasteiger partial charge < -0.3 is 0 Å². The molecule has 3 nitrogen and oxygen atoms in total. The van der Waals surface area contributed by atoms with Crippen molar-refractivity contribution in [1.29, 1.82) is 5.26 Å². The van der Waals surface area contributed by atoms with Crippen LogP contribution in [0.5, 0.6) is 0 Å². The monoisotopic (exact) mass is 166 g/mol. The summed E-state index contributed by atoms with van der Waals surface area (Å²) in [5, 5.41) is 7.74. The first-order valence-corrected chi connectivity index (χ1v) is 3.18. The Labute approximate surface area is 68.2 Å². The van der Waals surface area contributed by atoms with E-state index in [1.807, 2.05) is 6.07 Å². The molecule has 1 aromatic rings. The van der Waals surface area contributed by atoms with Gasteiger partial charge in [-0.3, -0.25) is 9.78 Å². The minimum atomic E-state index is -0.616. The first-order chi connectivity index (χ1) is 5.24. The molecule has 1 heterocycles. The van der Waals surface area contributed by atoms with Crippen molar-refractivity contribution < 1.29 is 4.79 Å². The van der Waals surface area contributed by atoms with Crippen molar-refractivity contribution in [2.24, 2.45) is 0 Å². The Hall–Kier alpha value is -1.40. The number of aromatic nitrogens is 1. The fourth-order valence-corrected chi connectivity index (χ4v) is 0.688. The van der Waals surface area contributed by atoms with Gasteiger partial charge >= 0.3 is 0 Å². The molecule has 0 saturated carbocycles. The van der Waals surface area contributed by atoms with E-state index in [1.54, 1.807) is 0 Å². The summed E-state index contributed by atoms with van der Waals surface area (Å²) < 4.78 is 0. The zero-order chi connectivity index (χ0) is 8.27. The molecule has 0 aromatic carbocycles. The van der Waals surface area contributed by atoms with Gasteiger partial charge in [-0.15, -0.1) is 0 Å². The summed E-state index contributed by atoms with van der Waals surface area (Å²) in [6.45, 7) is 0. The second kappa shape index (κ2) is 3.13. The van der Waals surface area contributed by atoms with Crippen LogP contribution in [-0.2, 0) is 0 Å². The largest absolute Gasteiger partial charge is 0.274 e. The number of carbonyl (C=O) groups is 1. The predicted octanol–water partition coefficient (Wildman–Crippen LogP) is 1.33. The van der Waals surface area contributed by atoms with Gasteiger partial charge in [0, 0.05) is 6.20 Å². The van der Waals surface area contributed by atoms with E-state index >= 15 is 0 Å². The van der Waals surface area contributed by atoms with E-state index in [-0.39, 0.29) is 5.69 Å². The first kappa shape index (κ1) is 7.70. The van der Waals surface area contributed by atoms with Gasteiger partial charge in [0.05, 0.1) is 5.56 Å². The van der Waals surface area contributed by atoms with Crippen molar-refractivity contribution in [3.8, 4) is 6.07 Å². The average molecular weight is 167 g/mol. The third kappa shape index (κ3) is 1.76. The maximum atomic E-state index is 10.5. The van der Waals surface area contributed by atoms with Crippen LogP contribution in [0.25, 0.3) is 0 Å². The van der Waals surface area contributed by atoms with Crippen molar-refractivity contribution in [3.05, 3.63) is 29.6 Å². The molecule has 0 N–H and O–H groups in total. The lowest BCUT2D eigenvalue weighted by molar-refractivity contribution is 0.107. The van der Waals surface area contributed by atoms with Crippen LogP contribution in [0.15, 0.2) is 18.3 Å². The minimum Gasteiger partial charge on any atom is -0.274 e. The van der Waals surface area contributed by atoms with Gasteiger partial charge in [0.2, 0.25) is 0 Å². The molecule has 54 valence electrons. The minimum absolute atomic E-state index is 0.158. The van der Waals surface area contributed by atoms with Crippen LogP contribution in [0.2, 0.25) is 0 Å². The number of halogens is 1. The molecule has 11 heavy (non-hydrogen) atoms. The summed E-state index contributed by atoms with van der Waals surface area (Å²) in [6, 6.07) is 4.78. The number of hydrogen-bond acceptors (Lipinski definition) is 3. The lowest BCUT2D eigenvalue weighted by atomic mass is 10.3. The van der Waals surface area contributed by atoms with Crippen LogP contribution in [0.4, 0.5) is 0 Å². The zero-order valence-electron chi connectivity index (χ0n) is 5.41. The molecule has 0 aliphatic heterocycles. The van der Waals surface area contributed by atoms with E-state index in [9.17, 15) is 4.79 Å². The molecule has 0 fully saturated rings. The van der Waals surface area contributed by atoms with E-state index in [4.69, 9.17) is 16.9 Å². The second-order valence-electron chi connectivity index (χ2n) is 1.82. The van der Waals surface area contributed by atoms with Crippen molar-refractivity contribution in [2.45, 2.75) is 0 Å². The number of carbonyl (C=O) groups excluding carboxylic acids is 1. The van der Waals surface area contributed by atoms with Gasteiger partial charge in [-0.25, -0.2) is 0 Å². The maximum Gasteiger partial charge on any atom is 0.270 e. The smallest absolute Gasteiger partial charge is 0.270 e. The van der Waals surface area contributed by atoms with Crippen LogP contribution in [-0.4, -0.2) is 10.2 Å². The van der Waals surface area contributed by atoms with E-state index in [0.29, 0.717) is 5.56 Å². The Bertz CT molecular complexity index is 312. The van der Waals surface area contributed by atoms with E-state index in [1.165, 1.54) is 18.3 Å². The van der Waals surface area contributed by atoms with Gasteiger partial charge in [0.15, 0.2) is 0 Å². The molecule has 0 spiro atoms. The molecule has 0 aliphatic rings. The maximum absolute atomic E-state index is 10.5. The van der Waals surface area contributed by atoms with Crippen molar-refractivity contribution >= 4 is 16.8 Å². The molecule has 4 heteroatoms. The Morgan fingerprint density at radius 3 is 2.73 bits per heavy atom. The molecule has 0 radical (unpaired) electrons. The first-order valence-electron chi connectivity index (χ1n) is 2.80. The number of nitrogens with zero attached hydrogens (tertiary/aromatic N) is 2. The number of nitriles is 1. The highest BCUT2D eigenvalue weighted by atomic mass is 35.5. The normalized spacial score (nSPS) is 8.73. The number of pyridine rings is 1. The summed E-state index contributed by atoms with van der Waals surface area (Å²) in [5.41, 5.74) is 0.567. The third-order valence-corrected chi connectivity index (χ3v) is 1.29. The molecule has 0 atom stereocenters. The molecule has 0 bridgehead atoms. The van der Waals surface area contributed by atoms with Crippen molar-refractivity contribution in [1.82, 2.24) is 4.98 Å². The lowest BCUT2D eigenvalue weighted by Gasteiger charge is -1.90. The summed E-state index contributed by atoms with van der Waals surface area (Å²) in [5.74, 6) is 0. The van der Waals surface area contributed by atoms with Crippen LogP contribution in [0, 0.1) is 11.3 Å². The molecule has 1 aromatic heterocycles. The van der Waals surface area contributed by atoms with Gasteiger partial charge in [0.25, 0.3) is 5.24 Å². The molecule has 0 aliphatic carbocycles. The van der Waals surface area contributed by atoms with E-state index in [2.05, 4.69) is 4.98 Å².